The monoisotopic (exact) mass is 307 g/mol. The van der Waals surface area contributed by atoms with Crippen LogP contribution in [0.2, 0.25) is 15.1 Å². The summed E-state index contributed by atoms with van der Waals surface area (Å²) in [7, 11) is 0. The van der Waals surface area contributed by atoms with Gasteiger partial charge in [-0.3, -0.25) is 0 Å². The van der Waals surface area contributed by atoms with E-state index in [-0.39, 0.29) is 5.41 Å². The Morgan fingerprint density at radius 2 is 1.61 bits per heavy atom. The van der Waals surface area contributed by atoms with Crippen LogP contribution in [0.25, 0.3) is 0 Å². The van der Waals surface area contributed by atoms with Crippen LogP contribution in [0.15, 0.2) is 12.1 Å². The zero-order valence-corrected chi connectivity index (χ0v) is 13.5. The first-order chi connectivity index (χ1) is 8.24. The minimum atomic E-state index is -0.0827. The molecule has 102 valence electrons. The quantitative estimate of drug-likeness (QED) is 0.777. The first-order valence-corrected chi connectivity index (χ1v) is 7.26. The molecular formula is C14H20Cl3N. The van der Waals surface area contributed by atoms with Crippen LogP contribution < -0.4 is 5.32 Å². The van der Waals surface area contributed by atoms with Gasteiger partial charge in [-0.05, 0) is 36.1 Å². The maximum Gasteiger partial charge on any atom is 0.0473 e. The standard InChI is InChI=1S/C14H20Cl3N/c1-9(2)18-6-5-14(3,4)13-11(16)7-10(15)8-12(13)17/h7-9,18H,5-6H2,1-4H3. The Morgan fingerprint density at radius 3 is 2.06 bits per heavy atom. The third-order valence-electron chi connectivity index (χ3n) is 2.99. The van der Waals surface area contributed by atoms with Crippen molar-refractivity contribution in [3.05, 3.63) is 32.8 Å². The van der Waals surface area contributed by atoms with Gasteiger partial charge in [-0.2, -0.15) is 0 Å². The highest BCUT2D eigenvalue weighted by Gasteiger charge is 2.26. The Labute approximate surface area is 125 Å². The van der Waals surface area contributed by atoms with Gasteiger partial charge in [-0.15, -0.1) is 0 Å². The first kappa shape index (κ1) is 16.1. The largest absolute Gasteiger partial charge is 0.315 e. The summed E-state index contributed by atoms with van der Waals surface area (Å²) in [5, 5.41) is 5.26. The maximum absolute atomic E-state index is 6.27. The van der Waals surface area contributed by atoms with Gasteiger partial charge in [0.2, 0.25) is 0 Å². The van der Waals surface area contributed by atoms with Crippen LogP contribution in [0.5, 0.6) is 0 Å². The molecule has 0 saturated heterocycles. The van der Waals surface area contributed by atoms with Gasteiger partial charge in [-0.1, -0.05) is 62.5 Å². The molecule has 1 nitrogen and oxygen atoms in total. The van der Waals surface area contributed by atoms with E-state index >= 15 is 0 Å². The highest BCUT2D eigenvalue weighted by Crippen LogP contribution is 2.39. The summed E-state index contributed by atoms with van der Waals surface area (Å²) in [6, 6.07) is 3.99. The zero-order chi connectivity index (χ0) is 13.9. The molecule has 18 heavy (non-hydrogen) atoms. The number of hydrogen-bond acceptors (Lipinski definition) is 1. The molecule has 0 aliphatic carbocycles. The lowest BCUT2D eigenvalue weighted by molar-refractivity contribution is 0.442. The van der Waals surface area contributed by atoms with Gasteiger partial charge in [0.05, 0.1) is 0 Å². The topological polar surface area (TPSA) is 12.0 Å². The second-order valence-electron chi connectivity index (χ2n) is 5.49. The average Bonchev–Trinajstić information content (AvgIpc) is 2.13. The third kappa shape index (κ3) is 4.31. The summed E-state index contributed by atoms with van der Waals surface area (Å²) < 4.78 is 0. The van der Waals surface area contributed by atoms with Gasteiger partial charge >= 0.3 is 0 Å². The third-order valence-corrected chi connectivity index (χ3v) is 3.80. The summed E-state index contributed by atoms with van der Waals surface area (Å²) in [6.07, 6.45) is 0.965. The first-order valence-electron chi connectivity index (χ1n) is 6.12. The van der Waals surface area contributed by atoms with Crippen molar-refractivity contribution in [2.45, 2.75) is 45.6 Å². The van der Waals surface area contributed by atoms with E-state index in [0.717, 1.165) is 18.5 Å². The van der Waals surface area contributed by atoms with E-state index in [1.807, 2.05) is 0 Å². The van der Waals surface area contributed by atoms with E-state index < -0.39 is 0 Å². The molecule has 1 aromatic rings. The summed E-state index contributed by atoms with van der Waals surface area (Å²) in [6.45, 7) is 9.50. The van der Waals surface area contributed by atoms with Crippen molar-refractivity contribution < 1.29 is 0 Å². The summed E-state index contributed by atoms with van der Waals surface area (Å²) in [5.41, 5.74) is 0.890. The maximum atomic E-state index is 6.27. The van der Waals surface area contributed by atoms with Crippen LogP contribution in [-0.2, 0) is 5.41 Å². The summed E-state index contributed by atoms with van der Waals surface area (Å²) in [4.78, 5) is 0. The SMILES string of the molecule is CC(C)NCCC(C)(C)c1c(Cl)cc(Cl)cc1Cl. The van der Waals surface area contributed by atoms with Crippen LogP contribution in [-0.4, -0.2) is 12.6 Å². The lowest BCUT2D eigenvalue weighted by atomic mass is 9.81. The second-order valence-corrected chi connectivity index (χ2v) is 6.74. The molecule has 0 amide bonds. The molecule has 0 aliphatic rings. The molecule has 0 heterocycles. The number of rotatable bonds is 5. The Kier molecular flexibility index (Phi) is 5.79. The van der Waals surface area contributed by atoms with Crippen molar-refractivity contribution in [1.29, 1.82) is 0 Å². The molecule has 0 unspecified atom stereocenters. The summed E-state index contributed by atoms with van der Waals surface area (Å²) >= 11 is 18.5. The van der Waals surface area contributed by atoms with Crippen LogP contribution in [0.3, 0.4) is 0 Å². The van der Waals surface area contributed by atoms with E-state index in [1.165, 1.54) is 0 Å². The fraction of sp³-hybridized carbons (Fsp3) is 0.571. The van der Waals surface area contributed by atoms with Crippen molar-refractivity contribution in [3.63, 3.8) is 0 Å². The van der Waals surface area contributed by atoms with Gasteiger partial charge in [0.1, 0.15) is 0 Å². The Hall–Kier alpha value is 0.0500. The van der Waals surface area contributed by atoms with Crippen LogP contribution >= 0.6 is 34.8 Å². The Balaban J connectivity index is 2.90. The predicted molar refractivity (Wildman–Crippen MR) is 82.3 cm³/mol. The Morgan fingerprint density at radius 1 is 1.11 bits per heavy atom. The van der Waals surface area contributed by atoms with Crippen molar-refractivity contribution in [1.82, 2.24) is 5.32 Å². The molecule has 1 rings (SSSR count). The highest BCUT2D eigenvalue weighted by molar-refractivity contribution is 6.39. The Bertz CT molecular complexity index is 390. The van der Waals surface area contributed by atoms with E-state index in [1.54, 1.807) is 12.1 Å². The molecule has 0 saturated carbocycles. The minimum Gasteiger partial charge on any atom is -0.315 e. The van der Waals surface area contributed by atoms with Crippen molar-refractivity contribution in [2.24, 2.45) is 0 Å². The predicted octanol–water partition coefficient (Wildman–Crippen LogP) is 5.31. The van der Waals surface area contributed by atoms with Gasteiger partial charge in [-0.25, -0.2) is 0 Å². The molecule has 0 aliphatic heterocycles. The van der Waals surface area contributed by atoms with Crippen LogP contribution in [0.4, 0.5) is 0 Å². The molecule has 0 fully saturated rings. The van der Waals surface area contributed by atoms with Gasteiger partial charge in [0.25, 0.3) is 0 Å². The molecule has 0 bridgehead atoms. The molecule has 0 spiro atoms. The lowest BCUT2D eigenvalue weighted by Gasteiger charge is -2.28. The van der Waals surface area contributed by atoms with Crippen LogP contribution in [0, 0.1) is 0 Å². The van der Waals surface area contributed by atoms with Gasteiger partial charge < -0.3 is 5.32 Å². The van der Waals surface area contributed by atoms with Crippen LogP contribution in [0.1, 0.15) is 39.7 Å². The van der Waals surface area contributed by atoms with Crippen molar-refractivity contribution in [2.75, 3.05) is 6.54 Å². The van der Waals surface area contributed by atoms with E-state index in [0.29, 0.717) is 21.1 Å². The minimum absolute atomic E-state index is 0.0827. The highest BCUT2D eigenvalue weighted by atomic mass is 35.5. The fourth-order valence-corrected chi connectivity index (χ4v) is 3.32. The molecule has 0 aromatic heterocycles. The molecule has 0 radical (unpaired) electrons. The number of halogens is 3. The number of nitrogens with one attached hydrogen (secondary N) is 1. The molecule has 1 aromatic carbocycles. The lowest BCUT2D eigenvalue weighted by Crippen LogP contribution is -2.30. The second kappa shape index (κ2) is 6.47. The zero-order valence-electron chi connectivity index (χ0n) is 11.3. The van der Waals surface area contributed by atoms with Crippen molar-refractivity contribution in [3.8, 4) is 0 Å². The smallest absolute Gasteiger partial charge is 0.0473 e. The normalized spacial score (nSPS) is 12.2. The average molecular weight is 309 g/mol. The number of benzene rings is 1. The van der Waals surface area contributed by atoms with Gasteiger partial charge in [0, 0.05) is 21.1 Å². The van der Waals surface area contributed by atoms with Crippen molar-refractivity contribution >= 4 is 34.8 Å². The van der Waals surface area contributed by atoms with E-state index in [9.17, 15) is 0 Å². The molecule has 4 heteroatoms. The molecule has 1 N–H and O–H groups in total. The van der Waals surface area contributed by atoms with E-state index in [2.05, 4.69) is 33.0 Å². The molecule has 0 atom stereocenters. The van der Waals surface area contributed by atoms with Gasteiger partial charge in [0.15, 0.2) is 0 Å². The fourth-order valence-electron chi connectivity index (χ4n) is 1.99. The summed E-state index contributed by atoms with van der Waals surface area (Å²) in [5.74, 6) is 0. The van der Waals surface area contributed by atoms with E-state index in [4.69, 9.17) is 34.8 Å². The number of hydrogen-bond donors (Lipinski definition) is 1. The molecular weight excluding hydrogens is 289 g/mol.